The Hall–Kier alpha value is -3.26. The number of hydrogen-bond acceptors (Lipinski definition) is 3. The Morgan fingerprint density at radius 2 is 1.78 bits per heavy atom. The summed E-state index contributed by atoms with van der Waals surface area (Å²) in [5, 5.41) is 8.76. The number of rotatable bonds is 4. The van der Waals surface area contributed by atoms with Gasteiger partial charge in [-0.25, -0.2) is 13.6 Å². The van der Waals surface area contributed by atoms with E-state index in [1.165, 1.54) is 29.8 Å². The Morgan fingerprint density at radius 3 is 2.30 bits per heavy atom. The molecule has 0 bridgehead atoms. The molecule has 3 nitrogen and oxygen atoms in total. The van der Waals surface area contributed by atoms with Crippen LogP contribution in [0.5, 0.6) is 5.75 Å². The molecule has 27 heavy (non-hydrogen) atoms. The highest BCUT2D eigenvalue weighted by Crippen LogP contribution is 2.30. The topological polar surface area (TPSA) is 50.1 Å². The molecule has 0 aromatic heterocycles. The summed E-state index contributed by atoms with van der Waals surface area (Å²) in [6, 6.07) is 9.94. The van der Waals surface area contributed by atoms with Crippen LogP contribution in [-0.2, 0) is 0 Å². The van der Waals surface area contributed by atoms with Crippen molar-refractivity contribution in [1.82, 2.24) is 0 Å². The summed E-state index contributed by atoms with van der Waals surface area (Å²) in [6.07, 6.45) is 6.35. The van der Waals surface area contributed by atoms with Crippen molar-refractivity contribution in [3.8, 4) is 11.8 Å². The Balaban J connectivity index is 1.84. The lowest BCUT2D eigenvalue weighted by molar-refractivity contribution is 0.0724. The van der Waals surface area contributed by atoms with Gasteiger partial charge in [-0.05, 0) is 66.8 Å². The standard InChI is InChI=1S/C22H17F2NO2/c1-2-14-3-7-16(8-4-14)17-11-19(23)21(20(24)12-17)22(26)27-18-9-5-15(13-25)6-10-18/h3,5-7,9-12H,2,4,8H2,1H3. The summed E-state index contributed by atoms with van der Waals surface area (Å²) >= 11 is 0. The van der Waals surface area contributed by atoms with Crippen LogP contribution in [0.25, 0.3) is 5.57 Å². The van der Waals surface area contributed by atoms with Crippen LogP contribution < -0.4 is 4.74 Å². The molecular weight excluding hydrogens is 348 g/mol. The van der Waals surface area contributed by atoms with Gasteiger partial charge in [0.15, 0.2) is 0 Å². The highest BCUT2D eigenvalue weighted by molar-refractivity contribution is 5.92. The van der Waals surface area contributed by atoms with E-state index in [0.29, 0.717) is 17.5 Å². The van der Waals surface area contributed by atoms with Crippen LogP contribution >= 0.6 is 0 Å². The summed E-state index contributed by atoms with van der Waals surface area (Å²) in [6.45, 7) is 2.07. The third-order valence-corrected chi connectivity index (χ3v) is 4.50. The molecule has 0 aliphatic heterocycles. The van der Waals surface area contributed by atoms with Crippen molar-refractivity contribution >= 4 is 11.5 Å². The number of carbonyl (C=O) groups is 1. The summed E-state index contributed by atoms with van der Waals surface area (Å²) in [4.78, 5) is 12.2. The number of hydrogen-bond donors (Lipinski definition) is 0. The van der Waals surface area contributed by atoms with Crippen molar-refractivity contribution in [2.24, 2.45) is 0 Å². The number of carbonyl (C=O) groups excluding carboxylic acids is 1. The van der Waals surface area contributed by atoms with Crippen LogP contribution in [0.3, 0.4) is 0 Å². The van der Waals surface area contributed by atoms with E-state index in [-0.39, 0.29) is 5.75 Å². The minimum atomic E-state index is -1.12. The van der Waals surface area contributed by atoms with E-state index < -0.39 is 23.2 Å². The third-order valence-electron chi connectivity index (χ3n) is 4.50. The van der Waals surface area contributed by atoms with Gasteiger partial charge in [0.05, 0.1) is 11.6 Å². The second kappa shape index (κ2) is 7.96. The number of allylic oxidation sites excluding steroid dienone is 4. The van der Waals surface area contributed by atoms with Gasteiger partial charge in [-0.3, -0.25) is 0 Å². The average Bonchev–Trinajstić information content (AvgIpc) is 2.68. The van der Waals surface area contributed by atoms with Crippen LogP contribution in [0.2, 0.25) is 0 Å². The quantitative estimate of drug-likeness (QED) is 0.526. The molecular formula is C22H17F2NO2. The summed E-state index contributed by atoms with van der Waals surface area (Å²) in [5.74, 6) is -2.94. The molecule has 136 valence electrons. The summed E-state index contributed by atoms with van der Waals surface area (Å²) < 4.78 is 33.9. The van der Waals surface area contributed by atoms with Gasteiger partial charge in [0.1, 0.15) is 22.9 Å². The summed E-state index contributed by atoms with van der Waals surface area (Å²) in [5.41, 5.74) is 2.20. The van der Waals surface area contributed by atoms with Crippen molar-refractivity contribution in [2.45, 2.75) is 26.2 Å². The number of ether oxygens (including phenoxy) is 1. The molecule has 2 aromatic rings. The fourth-order valence-corrected chi connectivity index (χ4v) is 2.92. The second-order valence-electron chi connectivity index (χ2n) is 6.21. The minimum absolute atomic E-state index is 0.106. The molecule has 0 atom stereocenters. The maximum Gasteiger partial charge on any atom is 0.349 e. The van der Waals surface area contributed by atoms with Crippen molar-refractivity contribution < 1.29 is 18.3 Å². The highest BCUT2D eigenvalue weighted by Gasteiger charge is 2.22. The average molecular weight is 365 g/mol. The monoisotopic (exact) mass is 365 g/mol. The van der Waals surface area contributed by atoms with Gasteiger partial charge in [0.2, 0.25) is 0 Å². The van der Waals surface area contributed by atoms with Gasteiger partial charge < -0.3 is 4.74 Å². The van der Waals surface area contributed by atoms with E-state index in [2.05, 4.69) is 6.92 Å². The van der Waals surface area contributed by atoms with Crippen LogP contribution in [0.4, 0.5) is 8.78 Å². The fraction of sp³-hybridized carbons (Fsp3) is 0.182. The normalized spacial score (nSPS) is 13.4. The molecule has 0 N–H and O–H groups in total. The van der Waals surface area contributed by atoms with Crippen molar-refractivity contribution in [2.75, 3.05) is 0 Å². The smallest absolute Gasteiger partial charge is 0.349 e. The largest absolute Gasteiger partial charge is 0.423 e. The number of esters is 1. The van der Waals surface area contributed by atoms with E-state index >= 15 is 0 Å². The molecule has 0 spiro atoms. The summed E-state index contributed by atoms with van der Waals surface area (Å²) in [7, 11) is 0. The molecule has 0 saturated heterocycles. The van der Waals surface area contributed by atoms with Crippen LogP contribution in [-0.4, -0.2) is 5.97 Å². The zero-order valence-corrected chi connectivity index (χ0v) is 14.8. The van der Waals surface area contributed by atoms with E-state index in [9.17, 15) is 13.6 Å². The molecule has 1 aliphatic rings. The van der Waals surface area contributed by atoms with Gasteiger partial charge in [-0.2, -0.15) is 5.26 Å². The lowest BCUT2D eigenvalue weighted by Crippen LogP contribution is -2.14. The molecule has 5 heteroatoms. The number of nitrogens with zero attached hydrogens (tertiary/aromatic N) is 1. The first-order chi connectivity index (χ1) is 13.0. The number of benzene rings is 2. The lowest BCUT2D eigenvalue weighted by atomic mass is 9.91. The molecule has 1 aliphatic carbocycles. The zero-order chi connectivity index (χ0) is 19.4. The Kier molecular flexibility index (Phi) is 5.46. The Morgan fingerprint density at radius 1 is 1.11 bits per heavy atom. The number of halogens is 2. The molecule has 2 aromatic carbocycles. The van der Waals surface area contributed by atoms with Gasteiger partial charge in [0, 0.05) is 0 Å². The van der Waals surface area contributed by atoms with Crippen molar-refractivity contribution in [3.05, 3.63) is 82.4 Å². The number of nitriles is 1. The predicted octanol–water partition coefficient (Wildman–Crippen LogP) is 5.57. The Labute approximate surface area is 156 Å². The van der Waals surface area contributed by atoms with Gasteiger partial charge >= 0.3 is 5.97 Å². The molecule has 0 heterocycles. The highest BCUT2D eigenvalue weighted by atomic mass is 19.1. The predicted molar refractivity (Wildman–Crippen MR) is 98.1 cm³/mol. The zero-order valence-electron chi connectivity index (χ0n) is 14.8. The van der Waals surface area contributed by atoms with Crippen LogP contribution in [0.15, 0.2) is 54.1 Å². The molecule has 0 fully saturated rings. The van der Waals surface area contributed by atoms with Gasteiger partial charge in [-0.1, -0.05) is 24.6 Å². The second-order valence-corrected chi connectivity index (χ2v) is 6.21. The van der Waals surface area contributed by atoms with Crippen molar-refractivity contribution in [1.29, 1.82) is 5.26 Å². The van der Waals surface area contributed by atoms with E-state index in [1.807, 2.05) is 18.2 Å². The molecule has 3 rings (SSSR count). The maximum atomic E-state index is 14.5. The van der Waals surface area contributed by atoms with E-state index in [1.54, 1.807) is 0 Å². The SMILES string of the molecule is CCC1=CC=C(c2cc(F)c(C(=O)Oc3ccc(C#N)cc3)c(F)c2)CC1. The van der Waals surface area contributed by atoms with Crippen LogP contribution in [0, 0.1) is 23.0 Å². The first kappa shape index (κ1) is 18.5. The van der Waals surface area contributed by atoms with E-state index in [0.717, 1.165) is 30.5 Å². The van der Waals surface area contributed by atoms with E-state index in [4.69, 9.17) is 10.00 Å². The van der Waals surface area contributed by atoms with Gasteiger partial charge in [-0.15, -0.1) is 0 Å². The molecule has 0 saturated carbocycles. The Bertz CT molecular complexity index is 959. The van der Waals surface area contributed by atoms with Crippen molar-refractivity contribution in [3.63, 3.8) is 0 Å². The fourth-order valence-electron chi connectivity index (χ4n) is 2.92. The molecule has 0 unspecified atom stereocenters. The first-order valence-corrected chi connectivity index (χ1v) is 8.62. The van der Waals surface area contributed by atoms with Gasteiger partial charge in [0.25, 0.3) is 0 Å². The maximum absolute atomic E-state index is 14.5. The third kappa shape index (κ3) is 4.12. The first-order valence-electron chi connectivity index (χ1n) is 8.62. The molecule has 0 radical (unpaired) electrons. The lowest BCUT2D eigenvalue weighted by Gasteiger charge is -2.15. The molecule has 0 amide bonds. The minimum Gasteiger partial charge on any atom is -0.423 e. The van der Waals surface area contributed by atoms with Crippen LogP contribution in [0.1, 0.15) is 47.7 Å².